The zero-order valence-corrected chi connectivity index (χ0v) is 14.1. The van der Waals surface area contributed by atoms with Gasteiger partial charge < -0.3 is 14.8 Å². The smallest absolute Gasteiger partial charge is 0.251 e. The van der Waals surface area contributed by atoms with Gasteiger partial charge in [-0.1, -0.05) is 0 Å². The number of nitrogens with one attached hydrogen (secondary N) is 1. The van der Waals surface area contributed by atoms with Crippen LogP contribution in [0.25, 0.3) is 0 Å². The number of aromatic nitrogens is 3. The summed E-state index contributed by atoms with van der Waals surface area (Å²) >= 11 is 0. The number of hydrogen-bond acceptors (Lipinski definition) is 4. The van der Waals surface area contributed by atoms with Crippen LogP contribution < -0.4 is 10.2 Å². The first kappa shape index (κ1) is 15.8. The largest absolute Gasteiger partial charge is 0.352 e. The zero-order chi connectivity index (χ0) is 17.2. The lowest BCUT2D eigenvalue weighted by molar-refractivity contribution is -0.117. The summed E-state index contributed by atoms with van der Waals surface area (Å²) in [6, 6.07) is 7.21. The van der Waals surface area contributed by atoms with Gasteiger partial charge in [-0.3, -0.25) is 9.59 Å². The standard InChI is InChI=1S/C18H21N5O2/c24-17-4-2-11-22(17)14-7-5-13(6-8-14)18(25)19-10-9-16-21-20-15-3-1-12-23(15)16/h5-8H,1-4,9-12H2,(H,19,25). The molecule has 130 valence electrons. The van der Waals surface area contributed by atoms with Crippen molar-refractivity contribution in [3.63, 3.8) is 0 Å². The number of aryl methyl sites for hydroxylation is 1. The van der Waals surface area contributed by atoms with E-state index in [0.717, 1.165) is 49.7 Å². The van der Waals surface area contributed by atoms with Crippen LogP contribution >= 0.6 is 0 Å². The highest BCUT2D eigenvalue weighted by Crippen LogP contribution is 2.21. The molecule has 1 aromatic heterocycles. The van der Waals surface area contributed by atoms with Crippen LogP contribution in [0.1, 0.15) is 41.3 Å². The number of benzene rings is 1. The van der Waals surface area contributed by atoms with Gasteiger partial charge >= 0.3 is 0 Å². The van der Waals surface area contributed by atoms with Crippen molar-refractivity contribution in [2.24, 2.45) is 0 Å². The Morgan fingerprint density at radius 1 is 1.08 bits per heavy atom. The van der Waals surface area contributed by atoms with Crippen molar-refractivity contribution in [1.29, 1.82) is 0 Å². The van der Waals surface area contributed by atoms with Crippen LogP contribution in [-0.2, 0) is 24.2 Å². The number of hydrogen-bond donors (Lipinski definition) is 1. The third-order valence-electron chi connectivity index (χ3n) is 4.83. The maximum atomic E-state index is 12.3. The highest BCUT2D eigenvalue weighted by atomic mass is 16.2. The highest BCUT2D eigenvalue weighted by Gasteiger charge is 2.21. The number of rotatable bonds is 5. The molecule has 1 aromatic carbocycles. The van der Waals surface area contributed by atoms with E-state index in [2.05, 4.69) is 20.1 Å². The Bertz CT molecular complexity index is 796. The van der Waals surface area contributed by atoms with E-state index in [4.69, 9.17) is 0 Å². The molecule has 2 amide bonds. The van der Waals surface area contributed by atoms with Crippen molar-refractivity contribution in [3.8, 4) is 0 Å². The first-order valence-corrected chi connectivity index (χ1v) is 8.82. The zero-order valence-electron chi connectivity index (χ0n) is 14.1. The molecule has 4 rings (SSSR count). The van der Waals surface area contributed by atoms with Gasteiger partial charge in [-0.2, -0.15) is 0 Å². The fourth-order valence-electron chi connectivity index (χ4n) is 3.50. The Kier molecular flexibility index (Phi) is 4.21. The van der Waals surface area contributed by atoms with Gasteiger partial charge in [0.15, 0.2) is 0 Å². The van der Waals surface area contributed by atoms with E-state index in [0.29, 0.717) is 24.9 Å². The van der Waals surface area contributed by atoms with Crippen molar-refractivity contribution < 1.29 is 9.59 Å². The molecule has 3 heterocycles. The number of amides is 2. The molecule has 0 atom stereocenters. The molecule has 0 unspecified atom stereocenters. The number of fused-ring (bicyclic) bond motifs is 1. The SMILES string of the molecule is O=C(NCCc1nnc2n1CCC2)c1ccc(N2CCCC2=O)cc1. The van der Waals surface area contributed by atoms with Crippen LogP contribution in [0.15, 0.2) is 24.3 Å². The van der Waals surface area contributed by atoms with Gasteiger partial charge in [0.1, 0.15) is 11.6 Å². The molecule has 2 aliphatic rings. The molecule has 25 heavy (non-hydrogen) atoms. The van der Waals surface area contributed by atoms with Crippen LogP contribution in [0.3, 0.4) is 0 Å². The second-order valence-electron chi connectivity index (χ2n) is 6.49. The fraction of sp³-hybridized carbons (Fsp3) is 0.444. The summed E-state index contributed by atoms with van der Waals surface area (Å²) in [6.45, 7) is 2.26. The molecule has 0 saturated carbocycles. The van der Waals surface area contributed by atoms with Gasteiger partial charge in [0, 0.05) is 50.1 Å². The number of anilines is 1. The topological polar surface area (TPSA) is 80.1 Å². The lowest BCUT2D eigenvalue weighted by Gasteiger charge is -2.15. The molecule has 1 saturated heterocycles. The van der Waals surface area contributed by atoms with E-state index >= 15 is 0 Å². The molecule has 0 bridgehead atoms. The van der Waals surface area contributed by atoms with Crippen LogP contribution in [0.5, 0.6) is 0 Å². The molecule has 7 nitrogen and oxygen atoms in total. The molecule has 7 heteroatoms. The van der Waals surface area contributed by atoms with E-state index in [1.54, 1.807) is 17.0 Å². The van der Waals surface area contributed by atoms with E-state index in [-0.39, 0.29) is 11.8 Å². The predicted octanol–water partition coefficient (Wildman–Crippen LogP) is 1.32. The Hall–Kier alpha value is -2.70. The third-order valence-corrected chi connectivity index (χ3v) is 4.83. The summed E-state index contributed by atoms with van der Waals surface area (Å²) < 4.78 is 2.15. The quantitative estimate of drug-likeness (QED) is 0.891. The first-order chi connectivity index (χ1) is 12.2. The van der Waals surface area contributed by atoms with Gasteiger partial charge in [-0.15, -0.1) is 10.2 Å². The molecule has 0 aliphatic carbocycles. The molecule has 2 aromatic rings. The Morgan fingerprint density at radius 3 is 2.64 bits per heavy atom. The molecule has 2 aliphatic heterocycles. The van der Waals surface area contributed by atoms with Gasteiger partial charge in [0.2, 0.25) is 5.91 Å². The molecular formula is C18H21N5O2. The highest BCUT2D eigenvalue weighted by molar-refractivity contribution is 5.97. The monoisotopic (exact) mass is 339 g/mol. The Labute approximate surface area is 146 Å². The Morgan fingerprint density at radius 2 is 1.88 bits per heavy atom. The lowest BCUT2D eigenvalue weighted by Crippen LogP contribution is -2.27. The molecule has 0 spiro atoms. The number of carbonyl (C=O) groups is 2. The minimum atomic E-state index is -0.111. The fourth-order valence-corrected chi connectivity index (χ4v) is 3.50. The minimum absolute atomic E-state index is 0.111. The van der Waals surface area contributed by atoms with Crippen molar-refractivity contribution in [2.45, 2.75) is 38.6 Å². The van der Waals surface area contributed by atoms with Gasteiger partial charge in [0.25, 0.3) is 5.91 Å². The first-order valence-electron chi connectivity index (χ1n) is 8.82. The van der Waals surface area contributed by atoms with E-state index < -0.39 is 0 Å². The van der Waals surface area contributed by atoms with Crippen molar-refractivity contribution >= 4 is 17.5 Å². The van der Waals surface area contributed by atoms with Crippen molar-refractivity contribution in [2.75, 3.05) is 18.0 Å². The van der Waals surface area contributed by atoms with Gasteiger partial charge in [-0.05, 0) is 37.1 Å². The van der Waals surface area contributed by atoms with Crippen LogP contribution in [0.4, 0.5) is 5.69 Å². The van der Waals surface area contributed by atoms with Gasteiger partial charge in [0.05, 0.1) is 0 Å². The van der Waals surface area contributed by atoms with Crippen LogP contribution in [0.2, 0.25) is 0 Å². The van der Waals surface area contributed by atoms with Crippen LogP contribution in [-0.4, -0.2) is 39.7 Å². The number of nitrogens with zero attached hydrogens (tertiary/aromatic N) is 4. The molecule has 0 radical (unpaired) electrons. The van der Waals surface area contributed by atoms with E-state index in [9.17, 15) is 9.59 Å². The van der Waals surface area contributed by atoms with E-state index in [1.165, 1.54) is 0 Å². The summed E-state index contributed by atoms with van der Waals surface area (Å²) in [5.41, 5.74) is 1.46. The molecule has 1 fully saturated rings. The summed E-state index contributed by atoms with van der Waals surface area (Å²) in [4.78, 5) is 25.8. The average molecular weight is 339 g/mol. The van der Waals surface area contributed by atoms with Crippen molar-refractivity contribution in [3.05, 3.63) is 41.5 Å². The molecule has 1 N–H and O–H groups in total. The van der Waals surface area contributed by atoms with E-state index in [1.807, 2.05) is 12.1 Å². The lowest BCUT2D eigenvalue weighted by atomic mass is 10.2. The second kappa shape index (κ2) is 6.66. The summed E-state index contributed by atoms with van der Waals surface area (Å²) in [6.07, 6.45) is 4.29. The summed E-state index contributed by atoms with van der Waals surface area (Å²) in [7, 11) is 0. The summed E-state index contributed by atoms with van der Waals surface area (Å²) in [5.74, 6) is 2.03. The maximum Gasteiger partial charge on any atom is 0.251 e. The normalized spacial score (nSPS) is 16.3. The number of carbonyl (C=O) groups excluding carboxylic acids is 2. The Balaban J connectivity index is 1.32. The second-order valence-corrected chi connectivity index (χ2v) is 6.49. The molecular weight excluding hydrogens is 318 g/mol. The van der Waals surface area contributed by atoms with Crippen LogP contribution in [0, 0.1) is 0 Å². The predicted molar refractivity (Wildman–Crippen MR) is 92.4 cm³/mol. The minimum Gasteiger partial charge on any atom is -0.352 e. The third kappa shape index (κ3) is 3.14. The maximum absolute atomic E-state index is 12.3. The van der Waals surface area contributed by atoms with Gasteiger partial charge in [-0.25, -0.2) is 0 Å². The van der Waals surface area contributed by atoms with Crippen molar-refractivity contribution in [1.82, 2.24) is 20.1 Å². The summed E-state index contributed by atoms with van der Waals surface area (Å²) in [5, 5.41) is 11.3. The average Bonchev–Trinajstić information content (AvgIpc) is 3.33.